The summed E-state index contributed by atoms with van der Waals surface area (Å²) in [4.78, 5) is 28.1. The van der Waals surface area contributed by atoms with Gasteiger partial charge in [0.25, 0.3) is 0 Å². The van der Waals surface area contributed by atoms with Crippen LogP contribution < -0.4 is 5.32 Å². The Bertz CT molecular complexity index is 776. The van der Waals surface area contributed by atoms with E-state index in [1.54, 1.807) is 0 Å². The molecule has 0 radical (unpaired) electrons. The van der Waals surface area contributed by atoms with E-state index < -0.39 is 0 Å². The van der Waals surface area contributed by atoms with Crippen molar-refractivity contribution >= 4 is 11.8 Å². The molecule has 0 saturated carbocycles. The molecule has 1 saturated heterocycles. The molecular weight excluding hydrogens is 338 g/mol. The second kappa shape index (κ2) is 9.33. The predicted octanol–water partition coefficient (Wildman–Crippen LogP) is 2.56. The fraction of sp³-hybridized carbons (Fsp3) is 0.364. The fourth-order valence-electron chi connectivity index (χ4n) is 3.41. The first kappa shape index (κ1) is 19.1. The smallest absolute Gasteiger partial charge is 0.234 e. The zero-order chi connectivity index (χ0) is 19.1. The van der Waals surface area contributed by atoms with Crippen molar-refractivity contribution in [1.82, 2.24) is 15.1 Å². The second-order valence-corrected chi connectivity index (χ2v) is 7.12. The molecule has 2 aromatic carbocycles. The highest BCUT2D eigenvalue weighted by molar-refractivity contribution is 5.78. The maximum absolute atomic E-state index is 12.3. The first-order valence-corrected chi connectivity index (χ1v) is 9.45. The van der Waals surface area contributed by atoms with Crippen LogP contribution in [0.25, 0.3) is 0 Å². The summed E-state index contributed by atoms with van der Waals surface area (Å²) in [5.74, 6) is 0.219. The SMILES string of the molecule is CN(CC(=O)NCc1ccccc1CN1CCCC1=O)Cc1ccccc1. The highest BCUT2D eigenvalue weighted by Gasteiger charge is 2.20. The molecule has 3 rings (SSSR count). The molecule has 0 unspecified atom stereocenters. The number of nitrogens with zero attached hydrogens (tertiary/aromatic N) is 2. The molecule has 0 spiro atoms. The average Bonchev–Trinajstić information content (AvgIpc) is 3.06. The number of hydrogen-bond donors (Lipinski definition) is 1. The summed E-state index contributed by atoms with van der Waals surface area (Å²) in [6, 6.07) is 18.1. The molecule has 5 heteroatoms. The van der Waals surface area contributed by atoms with Crippen LogP contribution in [-0.4, -0.2) is 41.8 Å². The van der Waals surface area contributed by atoms with Crippen LogP contribution in [0.1, 0.15) is 29.5 Å². The van der Waals surface area contributed by atoms with Crippen molar-refractivity contribution in [3.8, 4) is 0 Å². The van der Waals surface area contributed by atoms with E-state index in [2.05, 4.69) is 17.4 Å². The Kier molecular flexibility index (Phi) is 6.60. The van der Waals surface area contributed by atoms with Gasteiger partial charge in [0.15, 0.2) is 0 Å². The molecule has 1 heterocycles. The van der Waals surface area contributed by atoms with E-state index in [9.17, 15) is 9.59 Å². The van der Waals surface area contributed by atoms with Gasteiger partial charge in [0.1, 0.15) is 0 Å². The van der Waals surface area contributed by atoms with Gasteiger partial charge in [0, 0.05) is 32.6 Å². The van der Waals surface area contributed by atoms with Gasteiger partial charge >= 0.3 is 0 Å². The number of nitrogens with one attached hydrogen (secondary N) is 1. The summed E-state index contributed by atoms with van der Waals surface area (Å²) in [6.07, 6.45) is 1.58. The minimum atomic E-state index is 0.000447. The normalized spacial score (nSPS) is 14.0. The van der Waals surface area contributed by atoms with Gasteiger partial charge in [-0.25, -0.2) is 0 Å². The van der Waals surface area contributed by atoms with Gasteiger partial charge in [-0.1, -0.05) is 54.6 Å². The number of likely N-dealkylation sites (N-methyl/N-ethyl adjacent to an activating group) is 1. The standard InChI is InChI=1S/C22H27N3O2/c1-24(15-18-8-3-2-4-9-18)17-21(26)23-14-19-10-5-6-11-20(19)16-25-13-7-12-22(25)27/h2-6,8-11H,7,12-17H2,1H3,(H,23,26). The lowest BCUT2D eigenvalue weighted by Crippen LogP contribution is -2.34. The number of carbonyl (C=O) groups is 2. The minimum absolute atomic E-state index is 0.000447. The molecule has 1 fully saturated rings. The van der Waals surface area contributed by atoms with Gasteiger partial charge in [-0.15, -0.1) is 0 Å². The van der Waals surface area contributed by atoms with E-state index in [0.29, 0.717) is 26.1 Å². The Morgan fingerprint density at radius 1 is 1.07 bits per heavy atom. The first-order chi connectivity index (χ1) is 13.1. The first-order valence-electron chi connectivity index (χ1n) is 9.45. The van der Waals surface area contributed by atoms with Crippen molar-refractivity contribution in [2.75, 3.05) is 20.1 Å². The zero-order valence-electron chi connectivity index (χ0n) is 15.9. The van der Waals surface area contributed by atoms with E-state index in [4.69, 9.17) is 0 Å². The lowest BCUT2D eigenvalue weighted by Gasteiger charge is -2.19. The van der Waals surface area contributed by atoms with Crippen LogP contribution in [0.2, 0.25) is 0 Å². The van der Waals surface area contributed by atoms with Crippen molar-refractivity contribution in [2.24, 2.45) is 0 Å². The van der Waals surface area contributed by atoms with E-state index in [1.807, 2.05) is 59.3 Å². The van der Waals surface area contributed by atoms with Crippen LogP contribution in [0.4, 0.5) is 0 Å². The van der Waals surface area contributed by atoms with Gasteiger partial charge in [-0.05, 0) is 30.2 Å². The number of likely N-dealkylation sites (tertiary alicyclic amines) is 1. The molecule has 1 N–H and O–H groups in total. The third-order valence-corrected chi connectivity index (χ3v) is 4.84. The van der Waals surface area contributed by atoms with E-state index in [0.717, 1.165) is 30.6 Å². The molecule has 0 atom stereocenters. The van der Waals surface area contributed by atoms with E-state index in [1.165, 1.54) is 5.56 Å². The van der Waals surface area contributed by atoms with Crippen molar-refractivity contribution in [3.63, 3.8) is 0 Å². The Morgan fingerprint density at radius 2 is 1.78 bits per heavy atom. The van der Waals surface area contributed by atoms with Crippen molar-refractivity contribution < 1.29 is 9.59 Å². The van der Waals surface area contributed by atoms with Crippen molar-refractivity contribution in [2.45, 2.75) is 32.5 Å². The Morgan fingerprint density at radius 3 is 2.48 bits per heavy atom. The molecule has 5 nitrogen and oxygen atoms in total. The summed E-state index contributed by atoms with van der Waals surface area (Å²) in [7, 11) is 1.94. The fourth-order valence-corrected chi connectivity index (χ4v) is 3.41. The third kappa shape index (κ3) is 5.66. The summed E-state index contributed by atoms with van der Waals surface area (Å²) in [6.45, 7) is 3.02. The zero-order valence-corrected chi connectivity index (χ0v) is 15.9. The summed E-state index contributed by atoms with van der Waals surface area (Å²) < 4.78 is 0. The van der Waals surface area contributed by atoms with Gasteiger partial charge in [0.05, 0.1) is 6.54 Å². The van der Waals surface area contributed by atoms with Crippen molar-refractivity contribution in [3.05, 3.63) is 71.3 Å². The Hall–Kier alpha value is -2.66. The van der Waals surface area contributed by atoms with Crippen LogP contribution in [-0.2, 0) is 29.2 Å². The van der Waals surface area contributed by atoms with Crippen LogP contribution in [0.3, 0.4) is 0 Å². The molecule has 27 heavy (non-hydrogen) atoms. The topological polar surface area (TPSA) is 52.7 Å². The van der Waals surface area contributed by atoms with Gasteiger partial charge in [-0.2, -0.15) is 0 Å². The lowest BCUT2D eigenvalue weighted by molar-refractivity contribution is -0.128. The van der Waals surface area contributed by atoms with Gasteiger partial charge in [0.2, 0.25) is 11.8 Å². The molecule has 0 bridgehead atoms. The van der Waals surface area contributed by atoms with Crippen LogP contribution in [0, 0.1) is 0 Å². The molecule has 0 aromatic heterocycles. The number of carbonyl (C=O) groups excluding carboxylic acids is 2. The van der Waals surface area contributed by atoms with E-state index in [-0.39, 0.29) is 11.8 Å². The molecule has 0 aliphatic carbocycles. The highest BCUT2D eigenvalue weighted by atomic mass is 16.2. The Balaban J connectivity index is 1.50. The maximum Gasteiger partial charge on any atom is 0.234 e. The maximum atomic E-state index is 12.3. The monoisotopic (exact) mass is 365 g/mol. The summed E-state index contributed by atoms with van der Waals surface area (Å²) >= 11 is 0. The average molecular weight is 365 g/mol. The van der Waals surface area contributed by atoms with Gasteiger partial charge in [-0.3, -0.25) is 14.5 Å². The number of benzene rings is 2. The quantitative estimate of drug-likeness (QED) is 0.782. The van der Waals surface area contributed by atoms with Crippen LogP contribution in [0.15, 0.2) is 54.6 Å². The van der Waals surface area contributed by atoms with Crippen LogP contribution in [0.5, 0.6) is 0 Å². The number of hydrogen-bond acceptors (Lipinski definition) is 3. The summed E-state index contributed by atoms with van der Waals surface area (Å²) in [5.41, 5.74) is 3.36. The van der Waals surface area contributed by atoms with Crippen LogP contribution >= 0.6 is 0 Å². The minimum Gasteiger partial charge on any atom is -0.351 e. The molecule has 1 aliphatic heterocycles. The molecule has 142 valence electrons. The summed E-state index contributed by atoms with van der Waals surface area (Å²) in [5, 5.41) is 3.01. The number of amides is 2. The lowest BCUT2D eigenvalue weighted by atomic mass is 10.1. The van der Waals surface area contributed by atoms with Crippen molar-refractivity contribution in [1.29, 1.82) is 0 Å². The highest BCUT2D eigenvalue weighted by Crippen LogP contribution is 2.17. The second-order valence-electron chi connectivity index (χ2n) is 7.12. The molecule has 2 aromatic rings. The van der Waals surface area contributed by atoms with Gasteiger partial charge < -0.3 is 10.2 Å². The third-order valence-electron chi connectivity index (χ3n) is 4.84. The Labute approximate surface area is 161 Å². The number of rotatable bonds is 8. The molecular formula is C22H27N3O2. The largest absolute Gasteiger partial charge is 0.351 e. The predicted molar refractivity (Wildman–Crippen MR) is 106 cm³/mol. The van der Waals surface area contributed by atoms with E-state index >= 15 is 0 Å². The molecule has 2 amide bonds. The molecule has 1 aliphatic rings.